The minimum Gasteiger partial charge on any atom is -0.457 e. The number of aliphatic hydroxyl groups excluding tert-OH is 1. The summed E-state index contributed by atoms with van der Waals surface area (Å²) in [4.78, 5) is 11.8. The first-order valence-corrected chi connectivity index (χ1v) is 10.4. The van der Waals surface area contributed by atoms with E-state index in [9.17, 15) is 9.90 Å². The second-order valence-electron chi connectivity index (χ2n) is 7.69. The Balaban J connectivity index is 1.68. The maximum atomic E-state index is 11.8. The molecule has 0 aliphatic carbocycles. The molecule has 0 amide bonds. The summed E-state index contributed by atoms with van der Waals surface area (Å²) in [5.74, 6) is 2.38. The Bertz CT molecular complexity index is 1250. The molecule has 32 heavy (non-hydrogen) atoms. The number of aliphatic hydroxyl groups is 1. The molecule has 1 unspecified atom stereocenters. The second-order valence-corrected chi connectivity index (χ2v) is 7.69. The molecule has 4 rings (SSSR count). The molecule has 0 aliphatic rings. The zero-order chi connectivity index (χ0) is 22.5. The highest BCUT2D eigenvalue weighted by Crippen LogP contribution is 2.36. The van der Waals surface area contributed by atoms with Gasteiger partial charge in [-0.15, -0.1) is 0 Å². The summed E-state index contributed by atoms with van der Waals surface area (Å²) in [5, 5.41) is 11.3. The Morgan fingerprint density at radius 2 is 1.28 bits per heavy atom. The third-order valence-corrected chi connectivity index (χ3v) is 5.12. The Hall–Kier alpha value is -3.89. The van der Waals surface area contributed by atoms with Gasteiger partial charge in [-0.05, 0) is 73.0 Å². The monoisotopic (exact) mass is 424 g/mol. The molecule has 4 heteroatoms. The summed E-state index contributed by atoms with van der Waals surface area (Å²) in [6.07, 6.45) is -0.341. The summed E-state index contributed by atoms with van der Waals surface area (Å²) in [6.45, 7) is 3.98. The van der Waals surface area contributed by atoms with E-state index < -0.39 is 6.10 Å². The topological polar surface area (TPSA) is 55.8 Å². The summed E-state index contributed by atoms with van der Waals surface area (Å²) < 4.78 is 12.0. The molecular formula is C28H24O4. The van der Waals surface area contributed by atoms with E-state index in [1.807, 2.05) is 74.5 Å². The van der Waals surface area contributed by atoms with E-state index in [1.54, 1.807) is 30.3 Å². The van der Waals surface area contributed by atoms with Crippen LogP contribution in [0.1, 0.15) is 38.7 Å². The van der Waals surface area contributed by atoms with Crippen LogP contribution in [-0.4, -0.2) is 11.4 Å². The molecule has 0 radical (unpaired) electrons. The number of aldehydes is 1. The van der Waals surface area contributed by atoms with Gasteiger partial charge in [-0.1, -0.05) is 48.5 Å². The van der Waals surface area contributed by atoms with E-state index >= 15 is 0 Å². The molecule has 1 atom stereocenters. The van der Waals surface area contributed by atoms with Crippen LogP contribution in [0.3, 0.4) is 0 Å². The fourth-order valence-corrected chi connectivity index (χ4v) is 3.58. The van der Waals surface area contributed by atoms with Crippen LogP contribution in [0.15, 0.2) is 91.0 Å². The largest absolute Gasteiger partial charge is 0.457 e. The SMILES string of the molecule is Cc1cccc(Oc2cccc(C(O)c3c(C=O)cccc3Oc3cccc(C)c3)c2)c1. The molecule has 1 N–H and O–H groups in total. The normalized spacial score (nSPS) is 11.6. The van der Waals surface area contributed by atoms with Crippen molar-refractivity contribution in [3.05, 3.63) is 119 Å². The highest BCUT2D eigenvalue weighted by atomic mass is 16.5. The fraction of sp³-hybridized carbons (Fsp3) is 0.107. The molecule has 0 saturated heterocycles. The van der Waals surface area contributed by atoms with Crippen LogP contribution in [0.25, 0.3) is 0 Å². The molecule has 0 saturated carbocycles. The zero-order valence-corrected chi connectivity index (χ0v) is 18.0. The molecule has 0 bridgehead atoms. The minimum atomic E-state index is -1.07. The van der Waals surface area contributed by atoms with Gasteiger partial charge >= 0.3 is 0 Å². The molecule has 0 aromatic heterocycles. The molecule has 160 valence electrons. The van der Waals surface area contributed by atoms with Crippen molar-refractivity contribution >= 4 is 6.29 Å². The lowest BCUT2D eigenvalue weighted by atomic mass is 9.96. The number of benzene rings is 4. The highest BCUT2D eigenvalue weighted by Gasteiger charge is 2.21. The van der Waals surface area contributed by atoms with Gasteiger partial charge in [0.2, 0.25) is 0 Å². The zero-order valence-electron chi connectivity index (χ0n) is 18.0. The predicted octanol–water partition coefficient (Wildman–Crippen LogP) is 6.78. The average molecular weight is 424 g/mol. The van der Waals surface area contributed by atoms with Crippen LogP contribution < -0.4 is 9.47 Å². The first-order chi connectivity index (χ1) is 15.5. The number of aryl methyl sites for hydroxylation is 2. The lowest BCUT2D eigenvalue weighted by molar-refractivity contribution is 0.111. The van der Waals surface area contributed by atoms with Gasteiger partial charge in [-0.2, -0.15) is 0 Å². The van der Waals surface area contributed by atoms with E-state index in [2.05, 4.69) is 0 Å². The second kappa shape index (κ2) is 9.50. The van der Waals surface area contributed by atoms with Crippen molar-refractivity contribution in [2.45, 2.75) is 20.0 Å². The van der Waals surface area contributed by atoms with Gasteiger partial charge in [-0.25, -0.2) is 0 Å². The number of carbonyl (C=O) groups excluding carboxylic acids is 1. The number of rotatable bonds is 7. The number of hydrogen-bond donors (Lipinski definition) is 1. The van der Waals surface area contributed by atoms with Crippen molar-refractivity contribution in [2.24, 2.45) is 0 Å². The van der Waals surface area contributed by atoms with Gasteiger partial charge in [0.15, 0.2) is 6.29 Å². The van der Waals surface area contributed by atoms with E-state index in [0.29, 0.717) is 39.7 Å². The Kier molecular flexibility index (Phi) is 6.34. The van der Waals surface area contributed by atoms with Crippen LogP contribution >= 0.6 is 0 Å². The third kappa shape index (κ3) is 4.88. The molecular weight excluding hydrogens is 400 g/mol. The lowest BCUT2D eigenvalue weighted by Crippen LogP contribution is -2.06. The van der Waals surface area contributed by atoms with Crippen molar-refractivity contribution in [1.29, 1.82) is 0 Å². The summed E-state index contributed by atoms with van der Waals surface area (Å²) in [7, 11) is 0. The molecule has 0 fully saturated rings. The average Bonchev–Trinajstić information content (AvgIpc) is 2.79. The Morgan fingerprint density at radius 1 is 0.719 bits per heavy atom. The van der Waals surface area contributed by atoms with E-state index in [0.717, 1.165) is 17.4 Å². The first kappa shape index (κ1) is 21.3. The summed E-state index contributed by atoms with van der Waals surface area (Å²) in [6, 6.07) is 27.7. The van der Waals surface area contributed by atoms with Gasteiger partial charge in [0.25, 0.3) is 0 Å². The van der Waals surface area contributed by atoms with Gasteiger partial charge in [-0.3, -0.25) is 4.79 Å². The standard InChI is InChI=1S/C28H24O4/c1-19-7-3-11-23(15-19)31-25-13-5-9-21(17-25)28(30)27-22(18-29)10-6-14-26(27)32-24-12-4-8-20(2)16-24/h3-18,28,30H,1-2H3. The molecule has 4 aromatic carbocycles. The molecule has 4 aromatic rings. The maximum absolute atomic E-state index is 11.8. The molecule has 0 spiro atoms. The molecule has 4 nitrogen and oxygen atoms in total. The van der Waals surface area contributed by atoms with Crippen molar-refractivity contribution < 1.29 is 19.4 Å². The predicted molar refractivity (Wildman–Crippen MR) is 125 cm³/mol. The molecule has 0 heterocycles. The van der Waals surface area contributed by atoms with Crippen molar-refractivity contribution in [3.8, 4) is 23.0 Å². The lowest BCUT2D eigenvalue weighted by Gasteiger charge is -2.19. The summed E-state index contributed by atoms with van der Waals surface area (Å²) in [5.41, 5.74) is 3.52. The maximum Gasteiger partial charge on any atom is 0.150 e. The van der Waals surface area contributed by atoms with Crippen LogP contribution in [0.2, 0.25) is 0 Å². The Labute approximate surface area is 187 Å². The van der Waals surface area contributed by atoms with E-state index in [4.69, 9.17) is 9.47 Å². The van der Waals surface area contributed by atoms with Crippen molar-refractivity contribution in [3.63, 3.8) is 0 Å². The van der Waals surface area contributed by atoms with Gasteiger partial charge < -0.3 is 14.6 Å². The van der Waals surface area contributed by atoms with Crippen molar-refractivity contribution in [2.75, 3.05) is 0 Å². The number of carbonyl (C=O) groups is 1. The van der Waals surface area contributed by atoms with Gasteiger partial charge in [0.1, 0.15) is 29.1 Å². The smallest absolute Gasteiger partial charge is 0.150 e. The van der Waals surface area contributed by atoms with E-state index in [-0.39, 0.29) is 0 Å². The van der Waals surface area contributed by atoms with Gasteiger partial charge in [0, 0.05) is 11.1 Å². The van der Waals surface area contributed by atoms with Gasteiger partial charge in [0.05, 0.1) is 0 Å². The van der Waals surface area contributed by atoms with Crippen LogP contribution in [-0.2, 0) is 0 Å². The first-order valence-electron chi connectivity index (χ1n) is 10.4. The fourth-order valence-electron chi connectivity index (χ4n) is 3.58. The minimum absolute atomic E-state index is 0.368. The van der Waals surface area contributed by atoms with E-state index in [1.165, 1.54) is 0 Å². The van der Waals surface area contributed by atoms with Crippen LogP contribution in [0.4, 0.5) is 0 Å². The highest BCUT2D eigenvalue weighted by molar-refractivity contribution is 5.79. The summed E-state index contributed by atoms with van der Waals surface area (Å²) >= 11 is 0. The number of hydrogen-bond acceptors (Lipinski definition) is 4. The quantitative estimate of drug-likeness (QED) is 0.332. The molecule has 0 aliphatic heterocycles. The van der Waals surface area contributed by atoms with Crippen molar-refractivity contribution in [1.82, 2.24) is 0 Å². The third-order valence-electron chi connectivity index (χ3n) is 5.12. The van der Waals surface area contributed by atoms with Crippen LogP contribution in [0, 0.1) is 13.8 Å². The van der Waals surface area contributed by atoms with Crippen LogP contribution in [0.5, 0.6) is 23.0 Å². The number of ether oxygens (including phenoxy) is 2. The Morgan fingerprint density at radius 3 is 1.91 bits per heavy atom.